The summed E-state index contributed by atoms with van der Waals surface area (Å²) in [5.74, 6) is -0.190. The molecule has 78 valence electrons. The second-order valence-corrected chi connectivity index (χ2v) is 3.80. The number of carboxylic acids is 1. The predicted octanol–water partition coefficient (Wildman–Crippen LogP) is 1.09. The largest absolute Gasteiger partial charge is 0.481 e. The van der Waals surface area contributed by atoms with Crippen LogP contribution in [0, 0.1) is 17.2 Å². The third-order valence-corrected chi connectivity index (χ3v) is 2.68. The van der Waals surface area contributed by atoms with Crippen LogP contribution in [0.15, 0.2) is 0 Å². The molecule has 1 saturated heterocycles. The van der Waals surface area contributed by atoms with Gasteiger partial charge in [-0.3, -0.25) is 4.79 Å². The Bertz CT molecular complexity index is 235. The van der Waals surface area contributed by atoms with Crippen LogP contribution in [-0.2, 0) is 4.79 Å². The van der Waals surface area contributed by atoms with Crippen LogP contribution in [-0.4, -0.2) is 35.6 Å². The zero-order chi connectivity index (χ0) is 10.4. The zero-order valence-electron chi connectivity index (χ0n) is 8.28. The molecule has 1 rings (SSSR count). The molecule has 1 N–H and O–H groups in total. The summed E-state index contributed by atoms with van der Waals surface area (Å²) in [6.07, 6.45) is 2.71. The van der Waals surface area contributed by atoms with Gasteiger partial charge in [-0.1, -0.05) is 0 Å². The van der Waals surface area contributed by atoms with Gasteiger partial charge in [0.1, 0.15) is 0 Å². The summed E-state index contributed by atoms with van der Waals surface area (Å²) in [6.45, 7) is 2.82. The third-order valence-electron chi connectivity index (χ3n) is 2.68. The van der Waals surface area contributed by atoms with E-state index < -0.39 is 5.97 Å². The molecular formula is C10H16N2O2. The van der Waals surface area contributed by atoms with Gasteiger partial charge in [-0.25, -0.2) is 0 Å². The van der Waals surface area contributed by atoms with Crippen molar-refractivity contribution in [2.75, 3.05) is 19.6 Å². The SMILES string of the molecule is N#CCCN1CCC(CCC(=O)O)C1. The van der Waals surface area contributed by atoms with Gasteiger partial charge in [0.15, 0.2) is 0 Å². The monoisotopic (exact) mass is 196 g/mol. The maximum Gasteiger partial charge on any atom is 0.303 e. The first-order valence-electron chi connectivity index (χ1n) is 5.03. The summed E-state index contributed by atoms with van der Waals surface area (Å²) in [6, 6.07) is 2.12. The van der Waals surface area contributed by atoms with Crippen molar-refractivity contribution < 1.29 is 9.90 Å². The number of aliphatic carboxylic acids is 1. The van der Waals surface area contributed by atoms with E-state index in [2.05, 4.69) is 11.0 Å². The molecule has 0 bridgehead atoms. The molecule has 0 amide bonds. The lowest BCUT2D eigenvalue weighted by molar-refractivity contribution is -0.137. The van der Waals surface area contributed by atoms with E-state index in [1.807, 2.05) is 0 Å². The highest BCUT2D eigenvalue weighted by Crippen LogP contribution is 2.20. The highest BCUT2D eigenvalue weighted by molar-refractivity contribution is 5.66. The normalized spacial score (nSPS) is 22.1. The van der Waals surface area contributed by atoms with E-state index in [0.717, 1.165) is 32.5 Å². The van der Waals surface area contributed by atoms with Gasteiger partial charge in [0.2, 0.25) is 0 Å². The van der Waals surface area contributed by atoms with Gasteiger partial charge < -0.3 is 10.0 Å². The quantitative estimate of drug-likeness (QED) is 0.714. The van der Waals surface area contributed by atoms with Gasteiger partial charge in [-0.15, -0.1) is 0 Å². The first kappa shape index (κ1) is 11.0. The summed E-state index contributed by atoms with van der Waals surface area (Å²) < 4.78 is 0. The lowest BCUT2D eigenvalue weighted by Crippen LogP contribution is -2.21. The minimum atomic E-state index is -0.708. The molecule has 1 aliphatic rings. The second-order valence-electron chi connectivity index (χ2n) is 3.80. The number of nitriles is 1. The van der Waals surface area contributed by atoms with E-state index in [-0.39, 0.29) is 6.42 Å². The third kappa shape index (κ3) is 3.75. The van der Waals surface area contributed by atoms with E-state index in [9.17, 15) is 4.79 Å². The van der Waals surface area contributed by atoms with Crippen LogP contribution in [0.2, 0.25) is 0 Å². The fourth-order valence-electron chi connectivity index (χ4n) is 1.89. The molecule has 0 aromatic carbocycles. The molecular weight excluding hydrogens is 180 g/mol. The number of nitrogens with zero attached hydrogens (tertiary/aromatic N) is 2. The van der Waals surface area contributed by atoms with Crippen molar-refractivity contribution in [2.24, 2.45) is 5.92 Å². The number of hydrogen-bond acceptors (Lipinski definition) is 3. The Morgan fingerprint density at radius 2 is 2.43 bits per heavy atom. The first-order valence-corrected chi connectivity index (χ1v) is 5.03. The van der Waals surface area contributed by atoms with Crippen molar-refractivity contribution in [3.05, 3.63) is 0 Å². The van der Waals surface area contributed by atoms with Crippen LogP contribution >= 0.6 is 0 Å². The summed E-state index contributed by atoms with van der Waals surface area (Å²) in [7, 11) is 0. The number of rotatable bonds is 5. The average Bonchev–Trinajstić information content (AvgIpc) is 2.59. The molecule has 1 aliphatic heterocycles. The molecule has 1 fully saturated rings. The maximum atomic E-state index is 10.4. The predicted molar refractivity (Wildman–Crippen MR) is 51.6 cm³/mol. The Balaban J connectivity index is 2.14. The summed E-state index contributed by atoms with van der Waals surface area (Å²) >= 11 is 0. The smallest absolute Gasteiger partial charge is 0.303 e. The van der Waals surface area contributed by atoms with Crippen molar-refractivity contribution in [1.82, 2.24) is 4.90 Å². The van der Waals surface area contributed by atoms with Gasteiger partial charge in [0.25, 0.3) is 0 Å². The Hall–Kier alpha value is -1.08. The standard InChI is InChI=1S/C10H16N2O2/c11-5-1-6-12-7-4-9(8-12)2-3-10(13)14/h9H,1-4,6-8H2,(H,13,14). The van der Waals surface area contributed by atoms with Crippen molar-refractivity contribution in [3.63, 3.8) is 0 Å². The molecule has 4 heteroatoms. The molecule has 0 radical (unpaired) electrons. The second kappa shape index (κ2) is 5.61. The number of carboxylic acid groups (broad SMARTS) is 1. The summed E-state index contributed by atoms with van der Waals surface area (Å²) in [5.41, 5.74) is 0. The fourth-order valence-corrected chi connectivity index (χ4v) is 1.89. The van der Waals surface area contributed by atoms with Gasteiger partial charge in [-0.05, 0) is 25.3 Å². The van der Waals surface area contributed by atoms with E-state index in [1.165, 1.54) is 0 Å². The Labute approximate surface area is 84.1 Å². The van der Waals surface area contributed by atoms with Crippen LogP contribution in [0.5, 0.6) is 0 Å². The minimum Gasteiger partial charge on any atom is -0.481 e. The molecule has 4 nitrogen and oxygen atoms in total. The van der Waals surface area contributed by atoms with Gasteiger partial charge in [0, 0.05) is 25.9 Å². The number of likely N-dealkylation sites (tertiary alicyclic amines) is 1. The van der Waals surface area contributed by atoms with Gasteiger partial charge >= 0.3 is 5.97 Å². The summed E-state index contributed by atoms with van der Waals surface area (Å²) in [5, 5.41) is 16.9. The van der Waals surface area contributed by atoms with Crippen molar-refractivity contribution in [3.8, 4) is 6.07 Å². The molecule has 1 atom stereocenters. The lowest BCUT2D eigenvalue weighted by Gasteiger charge is -2.13. The zero-order valence-corrected chi connectivity index (χ0v) is 8.28. The minimum absolute atomic E-state index is 0.275. The maximum absolute atomic E-state index is 10.4. The Kier molecular flexibility index (Phi) is 4.41. The van der Waals surface area contributed by atoms with Crippen LogP contribution in [0.1, 0.15) is 25.7 Å². The van der Waals surface area contributed by atoms with Crippen LogP contribution in [0.25, 0.3) is 0 Å². The lowest BCUT2D eigenvalue weighted by atomic mass is 10.0. The number of carbonyl (C=O) groups is 1. The highest BCUT2D eigenvalue weighted by atomic mass is 16.4. The fraction of sp³-hybridized carbons (Fsp3) is 0.800. The molecule has 1 unspecified atom stereocenters. The van der Waals surface area contributed by atoms with Crippen LogP contribution in [0.3, 0.4) is 0 Å². The molecule has 14 heavy (non-hydrogen) atoms. The highest BCUT2D eigenvalue weighted by Gasteiger charge is 2.22. The van der Waals surface area contributed by atoms with E-state index >= 15 is 0 Å². The van der Waals surface area contributed by atoms with E-state index in [0.29, 0.717) is 12.3 Å². The average molecular weight is 196 g/mol. The molecule has 0 aromatic heterocycles. The number of hydrogen-bond donors (Lipinski definition) is 1. The molecule has 1 heterocycles. The molecule has 0 spiro atoms. The first-order chi connectivity index (χ1) is 6.72. The van der Waals surface area contributed by atoms with Crippen molar-refractivity contribution in [2.45, 2.75) is 25.7 Å². The molecule has 0 aromatic rings. The topological polar surface area (TPSA) is 64.3 Å². The van der Waals surface area contributed by atoms with Gasteiger partial charge in [-0.2, -0.15) is 5.26 Å². The molecule has 0 saturated carbocycles. The molecule has 0 aliphatic carbocycles. The van der Waals surface area contributed by atoms with E-state index in [4.69, 9.17) is 10.4 Å². The Morgan fingerprint density at radius 3 is 3.07 bits per heavy atom. The Morgan fingerprint density at radius 1 is 1.64 bits per heavy atom. The van der Waals surface area contributed by atoms with E-state index in [1.54, 1.807) is 0 Å². The van der Waals surface area contributed by atoms with Crippen LogP contribution in [0.4, 0.5) is 0 Å². The summed E-state index contributed by atoms with van der Waals surface area (Å²) in [4.78, 5) is 12.6. The van der Waals surface area contributed by atoms with Crippen molar-refractivity contribution >= 4 is 5.97 Å². The van der Waals surface area contributed by atoms with Gasteiger partial charge in [0.05, 0.1) is 6.07 Å². The van der Waals surface area contributed by atoms with Crippen molar-refractivity contribution in [1.29, 1.82) is 5.26 Å². The van der Waals surface area contributed by atoms with Crippen LogP contribution < -0.4 is 0 Å².